The Balaban J connectivity index is 1.03. The molecule has 2 heterocycles. The van der Waals surface area contributed by atoms with E-state index < -0.39 is 0 Å². The summed E-state index contributed by atoms with van der Waals surface area (Å²) in [6.45, 7) is 10.8. The summed E-state index contributed by atoms with van der Waals surface area (Å²) < 4.78 is 13.5. The largest absolute Gasteiger partial charge is 0.456 e. The molecule has 284 valence electrons. The molecule has 0 unspecified atom stereocenters. The number of hydrogen-bond donors (Lipinski definition) is 0. The third kappa shape index (κ3) is 5.74. The van der Waals surface area contributed by atoms with Crippen LogP contribution in [0.4, 0.5) is 34.1 Å². The van der Waals surface area contributed by atoms with Crippen LogP contribution < -0.4 is 9.80 Å². The van der Waals surface area contributed by atoms with Gasteiger partial charge in [0.1, 0.15) is 22.3 Å². The van der Waals surface area contributed by atoms with Gasteiger partial charge in [-0.1, -0.05) is 72.8 Å². The summed E-state index contributed by atoms with van der Waals surface area (Å²) in [6.07, 6.45) is 0. The van der Waals surface area contributed by atoms with Crippen LogP contribution in [0.15, 0.2) is 173 Å². The van der Waals surface area contributed by atoms with Crippen LogP contribution in [0.1, 0.15) is 27.8 Å². The fourth-order valence-corrected chi connectivity index (χ4v) is 9.08. The number of furan rings is 2. The van der Waals surface area contributed by atoms with E-state index in [2.05, 4.69) is 208 Å². The summed E-state index contributed by atoms with van der Waals surface area (Å²) in [5.41, 5.74) is 16.1. The molecule has 0 aliphatic carbocycles. The van der Waals surface area contributed by atoms with Crippen molar-refractivity contribution in [2.24, 2.45) is 0 Å². The van der Waals surface area contributed by atoms with Crippen molar-refractivity contribution in [3.8, 4) is 0 Å². The second kappa shape index (κ2) is 13.4. The molecule has 0 bridgehead atoms. The highest BCUT2D eigenvalue weighted by Gasteiger charge is 2.21. The molecule has 0 fully saturated rings. The molecule has 9 aromatic carbocycles. The molecule has 11 aromatic rings. The molecule has 2 aromatic heterocycles. The lowest BCUT2D eigenvalue weighted by atomic mass is 10.0. The standard InChI is InChI=1S/C55H42N2O2/c1-33-12-10-16-42(24-33)56(50-18-8-6-14-35(50)3)44-22-20-38-28-46-48-32-49-47-29-39-21-23-45(57(43-17-11-13-34(2)25-43)51-19-9-7-15-36(51)4)27-41(39)31-53(47)59-55(49)37(5)54(48)58-52(46)30-40(38)26-44/h6-32H,1-5H3. The molecule has 59 heavy (non-hydrogen) atoms. The first-order chi connectivity index (χ1) is 28.8. The maximum absolute atomic E-state index is 6.74. The summed E-state index contributed by atoms with van der Waals surface area (Å²) in [5, 5.41) is 8.99. The summed E-state index contributed by atoms with van der Waals surface area (Å²) >= 11 is 0. The van der Waals surface area contributed by atoms with E-state index in [9.17, 15) is 0 Å². The Labute approximate surface area is 343 Å². The van der Waals surface area contributed by atoms with Crippen molar-refractivity contribution in [1.82, 2.24) is 0 Å². The minimum Gasteiger partial charge on any atom is -0.456 e. The summed E-state index contributed by atoms with van der Waals surface area (Å²) in [7, 11) is 0. The quantitative estimate of drug-likeness (QED) is 0.169. The van der Waals surface area contributed by atoms with Crippen LogP contribution in [-0.4, -0.2) is 0 Å². The van der Waals surface area contributed by atoms with Crippen molar-refractivity contribution in [2.75, 3.05) is 9.80 Å². The fraction of sp³-hybridized carbons (Fsp3) is 0.0909. The van der Waals surface area contributed by atoms with E-state index in [1.165, 1.54) is 33.0 Å². The van der Waals surface area contributed by atoms with E-state index in [4.69, 9.17) is 8.83 Å². The van der Waals surface area contributed by atoms with Crippen LogP contribution in [-0.2, 0) is 0 Å². The number of aryl methyl sites for hydroxylation is 5. The molecule has 0 saturated heterocycles. The number of para-hydroxylation sites is 2. The third-order valence-electron chi connectivity index (χ3n) is 12.1. The lowest BCUT2D eigenvalue weighted by Crippen LogP contribution is -2.11. The van der Waals surface area contributed by atoms with Crippen molar-refractivity contribution in [3.63, 3.8) is 0 Å². The number of nitrogens with zero attached hydrogens (tertiary/aromatic N) is 2. The van der Waals surface area contributed by atoms with E-state index in [0.717, 1.165) is 94.3 Å². The smallest absolute Gasteiger partial charge is 0.142 e. The molecule has 0 amide bonds. The third-order valence-corrected chi connectivity index (χ3v) is 12.1. The average Bonchev–Trinajstić information content (AvgIpc) is 3.78. The van der Waals surface area contributed by atoms with E-state index >= 15 is 0 Å². The van der Waals surface area contributed by atoms with Gasteiger partial charge in [0.25, 0.3) is 0 Å². The van der Waals surface area contributed by atoms with Crippen LogP contribution in [0, 0.1) is 34.6 Å². The Hall–Kier alpha value is -7.30. The first kappa shape index (κ1) is 34.9. The molecule has 11 rings (SSSR count). The van der Waals surface area contributed by atoms with Crippen LogP contribution in [0.25, 0.3) is 65.4 Å². The minimum atomic E-state index is 0.863. The van der Waals surface area contributed by atoms with Crippen LogP contribution in [0.2, 0.25) is 0 Å². The Morgan fingerprint density at radius 2 is 0.780 bits per heavy atom. The SMILES string of the molecule is Cc1cccc(N(c2ccc3cc4c(cc3c2)oc2c(C)c3oc5cc6cc(N(c7cccc(C)c7)c7ccccc7C)ccc6cc5c3cc24)c2ccccc2C)c1. The van der Waals surface area contributed by atoms with E-state index in [-0.39, 0.29) is 0 Å². The van der Waals surface area contributed by atoms with Gasteiger partial charge >= 0.3 is 0 Å². The molecule has 0 atom stereocenters. The first-order valence-electron chi connectivity index (χ1n) is 20.3. The number of anilines is 6. The monoisotopic (exact) mass is 762 g/mol. The molecule has 0 aliphatic rings. The molecule has 4 heteroatoms. The minimum absolute atomic E-state index is 0.863. The molecule has 0 N–H and O–H groups in total. The van der Waals surface area contributed by atoms with Crippen LogP contribution >= 0.6 is 0 Å². The summed E-state index contributed by atoms with van der Waals surface area (Å²) in [6, 6.07) is 59.3. The van der Waals surface area contributed by atoms with Crippen LogP contribution in [0.3, 0.4) is 0 Å². The van der Waals surface area contributed by atoms with Gasteiger partial charge in [-0.3, -0.25) is 0 Å². The number of fused-ring (bicyclic) bond motifs is 8. The van der Waals surface area contributed by atoms with Crippen molar-refractivity contribution in [3.05, 3.63) is 192 Å². The van der Waals surface area contributed by atoms with Gasteiger partial charge in [-0.25, -0.2) is 0 Å². The zero-order valence-corrected chi connectivity index (χ0v) is 33.8. The second-order valence-corrected chi connectivity index (χ2v) is 16.1. The van der Waals surface area contributed by atoms with Crippen molar-refractivity contribution < 1.29 is 8.83 Å². The summed E-state index contributed by atoms with van der Waals surface area (Å²) in [4.78, 5) is 4.70. The number of hydrogen-bond acceptors (Lipinski definition) is 4. The Kier molecular flexibility index (Phi) is 7.92. The van der Waals surface area contributed by atoms with Crippen molar-refractivity contribution in [2.45, 2.75) is 34.6 Å². The molecular formula is C55H42N2O2. The first-order valence-corrected chi connectivity index (χ1v) is 20.3. The van der Waals surface area contributed by atoms with E-state index in [1.807, 2.05) is 0 Å². The molecule has 0 aliphatic heterocycles. The summed E-state index contributed by atoms with van der Waals surface area (Å²) in [5.74, 6) is 0. The highest BCUT2D eigenvalue weighted by molar-refractivity contribution is 6.20. The normalized spacial score (nSPS) is 11.8. The average molecular weight is 763 g/mol. The molecule has 0 spiro atoms. The maximum atomic E-state index is 6.74. The topological polar surface area (TPSA) is 32.8 Å². The fourth-order valence-electron chi connectivity index (χ4n) is 9.08. The second-order valence-electron chi connectivity index (χ2n) is 16.1. The zero-order chi connectivity index (χ0) is 39.9. The molecule has 0 saturated carbocycles. The van der Waals surface area contributed by atoms with Gasteiger partial charge in [-0.15, -0.1) is 0 Å². The highest BCUT2D eigenvalue weighted by Crippen LogP contribution is 2.44. The number of rotatable bonds is 6. The number of benzene rings is 9. The Morgan fingerprint density at radius 3 is 1.22 bits per heavy atom. The van der Waals surface area contributed by atoms with Crippen molar-refractivity contribution in [1.29, 1.82) is 0 Å². The Bertz CT molecular complexity index is 3250. The van der Waals surface area contributed by atoms with E-state index in [0.29, 0.717) is 0 Å². The van der Waals surface area contributed by atoms with Gasteiger partial charge in [0.05, 0.1) is 0 Å². The highest BCUT2D eigenvalue weighted by atomic mass is 16.3. The van der Waals surface area contributed by atoms with Gasteiger partial charge in [-0.05, 0) is 169 Å². The lowest BCUT2D eigenvalue weighted by Gasteiger charge is -2.27. The van der Waals surface area contributed by atoms with E-state index in [1.54, 1.807) is 0 Å². The maximum Gasteiger partial charge on any atom is 0.142 e. The van der Waals surface area contributed by atoms with Gasteiger partial charge in [0, 0.05) is 61.2 Å². The molecule has 0 radical (unpaired) electrons. The van der Waals surface area contributed by atoms with Gasteiger partial charge in [0.2, 0.25) is 0 Å². The molecular weight excluding hydrogens is 721 g/mol. The molecule has 4 nitrogen and oxygen atoms in total. The van der Waals surface area contributed by atoms with Gasteiger partial charge < -0.3 is 18.6 Å². The predicted molar refractivity (Wildman–Crippen MR) is 249 cm³/mol. The van der Waals surface area contributed by atoms with Crippen LogP contribution in [0.5, 0.6) is 0 Å². The van der Waals surface area contributed by atoms with Gasteiger partial charge in [0.15, 0.2) is 0 Å². The van der Waals surface area contributed by atoms with Gasteiger partial charge in [-0.2, -0.15) is 0 Å². The van der Waals surface area contributed by atoms with Crippen molar-refractivity contribution >= 4 is 99.5 Å². The lowest BCUT2D eigenvalue weighted by molar-refractivity contribution is 0.651. The Morgan fingerprint density at radius 1 is 0.339 bits per heavy atom. The zero-order valence-electron chi connectivity index (χ0n) is 33.8. The predicted octanol–water partition coefficient (Wildman–Crippen LogP) is 16.3.